The van der Waals surface area contributed by atoms with Crippen LogP contribution in [0, 0.1) is 13.8 Å². The Morgan fingerprint density at radius 3 is 1.40 bits per heavy atom. The van der Waals surface area contributed by atoms with Crippen molar-refractivity contribution in [2.75, 3.05) is 14.2 Å². The quantitative estimate of drug-likeness (QED) is 0.0767. The van der Waals surface area contributed by atoms with Crippen molar-refractivity contribution in [3.63, 3.8) is 0 Å². The summed E-state index contributed by atoms with van der Waals surface area (Å²) in [5, 5.41) is 25.0. The van der Waals surface area contributed by atoms with Crippen LogP contribution in [0.25, 0.3) is 11.1 Å². The molecule has 0 amide bonds. The Morgan fingerprint density at radius 1 is 0.673 bits per heavy atom. The van der Waals surface area contributed by atoms with Crippen LogP contribution < -0.4 is 29.6 Å². The lowest BCUT2D eigenvalue weighted by Gasteiger charge is -2.18. The molecule has 4 rings (SSSR count). The van der Waals surface area contributed by atoms with E-state index >= 15 is 0 Å². The fraction of sp³-hybridized carbons (Fsp3) is 0.368. The highest BCUT2D eigenvalue weighted by molar-refractivity contribution is 6.32. The molecule has 12 nitrogen and oxygen atoms in total. The zero-order chi connectivity index (χ0) is 37.9. The second-order valence-corrected chi connectivity index (χ2v) is 13.2. The van der Waals surface area contributed by atoms with Gasteiger partial charge < -0.3 is 39.8 Å². The number of methoxy groups -OCH3 is 2. The number of halogens is 2. The summed E-state index contributed by atoms with van der Waals surface area (Å²) in [6, 6.07) is 14.9. The molecule has 2 heterocycles. The normalized spacial score (nSPS) is 12.2. The third kappa shape index (κ3) is 10.7. The first-order valence-corrected chi connectivity index (χ1v) is 17.4. The summed E-state index contributed by atoms with van der Waals surface area (Å²) >= 11 is 13.1. The molecule has 2 atom stereocenters. The summed E-state index contributed by atoms with van der Waals surface area (Å²) in [5.74, 6) is -0.658. The summed E-state index contributed by atoms with van der Waals surface area (Å²) in [4.78, 5) is 31.0. The zero-order valence-corrected chi connectivity index (χ0v) is 31.5. The SMILES string of the molecule is COc1nc(OCc2cccc(-c3cccc(COc4nc(OC)c(CN[C@@H](C)CC(=O)O)cc4Cl)c3C)c2C)c(Cl)cc1CN[C@@H](C)CC(=O)O. The van der Waals surface area contributed by atoms with Crippen LogP contribution in [0.15, 0.2) is 48.5 Å². The Labute approximate surface area is 313 Å². The molecule has 2 aromatic heterocycles. The molecular weight excluding hydrogens is 711 g/mol. The van der Waals surface area contributed by atoms with E-state index in [0.29, 0.717) is 46.0 Å². The lowest BCUT2D eigenvalue weighted by Crippen LogP contribution is -2.28. The van der Waals surface area contributed by atoms with Gasteiger partial charge in [-0.3, -0.25) is 9.59 Å². The number of rotatable bonds is 19. The van der Waals surface area contributed by atoms with Crippen molar-refractivity contribution in [2.45, 2.75) is 78.9 Å². The number of nitrogens with one attached hydrogen (secondary N) is 2. The first kappa shape index (κ1) is 40.2. The van der Waals surface area contributed by atoms with Crippen molar-refractivity contribution in [1.29, 1.82) is 0 Å². The Balaban J connectivity index is 1.47. The molecule has 52 heavy (non-hydrogen) atoms. The van der Waals surface area contributed by atoms with E-state index in [1.54, 1.807) is 26.0 Å². The minimum atomic E-state index is -0.886. The van der Waals surface area contributed by atoms with E-state index in [2.05, 4.69) is 32.7 Å². The van der Waals surface area contributed by atoms with Gasteiger partial charge in [0.15, 0.2) is 0 Å². The maximum absolute atomic E-state index is 11.0. The molecule has 2 aromatic carbocycles. The van der Waals surface area contributed by atoms with Crippen molar-refractivity contribution in [3.8, 4) is 34.6 Å². The summed E-state index contributed by atoms with van der Waals surface area (Å²) in [6.45, 7) is 8.72. The number of ether oxygens (including phenoxy) is 4. The van der Waals surface area contributed by atoms with E-state index in [1.807, 2.05) is 38.1 Å². The number of benzene rings is 2. The number of aromatic nitrogens is 2. The molecule has 0 saturated heterocycles. The van der Waals surface area contributed by atoms with Gasteiger partial charge in [-0.05, 0) is 73.2 Å². The fourth-order valence-electron chi connectivity index (χ4n) is 5.59. The minimum Gasteiger partial charge on any atom is -0.481 e. The minimum absolute atomic E-state index is 0.0181. The van der Waals surface area contributed by atoms with E-state index in [1.165, 1.54) is 14.2 Å². The Kier molecular flexibility index (Phi) is 14.5. The Bertz CT molecular complexity index is 1760. The van der Waals surface area contributed by atoms with Crippen molar-refractivity contribution in [3.05, 3.63) is 92.0 Å². The number of hydrogen-bond acceptors (Lipinski definition) is 10. The smallest absolute Gasteiger partial charge is 0.304 e. The Morgan fingerprint density at radius 2 is 1.06 bits per heavy atom. The molecule has 14 heteroatoms. The molecule has 0 aliphatic heterocycles. The van der Waals surface area contributed by atoms with E-state index in [9.17, 15) is 9.59 Å². The van der Waals surface area contributed by atoms with Crippen LogP contribution in [0.3, 0.4) is 0 Å². The first-order valence-electron chi connectivity index (χ1n) is 16.6. The standard InChI is InChI=1S/C38H44Cl2N4O8/c1-21(13-33(45)46)41-17-27-15-31(39)37(43-35(27)49-5)51-19-25-9-7-11-29(23(25)3)30-12-8-10-26(24(30)4)20-52-38-32(40)16-28(36(44-38)50-6)18-42-22(2)14-34(47)48/h7-12,15-16,21-22,41-42H,13-14,17-20H2,1-6H3,(H,45,46)(H,47,48)/t21-,22-/m0/s1. The average Bonchev–Trinajstić information content (AvgIpc) is 3.09. The van der Waals surface area contributed by atoms with Crippen molar-refractivity contribution >= 4 is 35.1 Å². The topological polar surface area (TPSA) is 161 Å². The lowest BCUT2D eigenvalue weighted by molar-refractivity contribution is -0.138. The van der Waals surface area contributed by atoms with Gasteiger partial charge in [-0.1, -0.05) is 59.6 Å². The molecule has 4 aromatic rings. The van der Waals surface area contributed by atoms with Crippen LogP contribution in [0.5, 0.6) is 23.5 Å². The molecule has 278 valence electrons. The molecule has 0 saturated carbocycles. The van der Waals surface area contributed by atoms with Crippen LogP contribution in [-0.2, 0) is 35.9 Å². The van der Waals surface area contributed by atoms with Gasteiger partial charge in [-0.2, -0.15) is 9.97 Å². The van der Waals surface area contributed by atoms with Crippen molar-refractivity contribution < 1.29 is 38.7 Å². The highest BCUT2D eigenvalue weighted by Gasteiger charge is 2.18. The largest absolute Gasteiger partial charge is 0.481 e. The summed E-state index contributed by atoms with van der Waals surface area (Å²) in [6.07, 6.45) is -0.0362. The third-order valence-electron chi connectivity index (χ3n) is 8.51. The number of carbonyl (C=O) groups is 2. The lowest BCUT2D eigenvalue weighted by atomic mass is 9.92. The highest BCUT2D eigenvalue weighted by Crippen LogP contribution is 2.34. The molecule has 0 bridgehead atoms. The average molecular weight is 756 g/mol. The van der Waals surface area contributed by atoms with Gasteiger partial charge in [-0.15, -0.1) is 0 Å². The molecule has 4 N–H and O–H groups in total. The number of nitrogens with zero attached hydrogens (tertiary/aromatic N) is 2. The number of aliphatic carboxylic acids is 2. The second kappa shape index (κ2) is 18.7. The van der Waals surface area contributed by atoms with Gasteiger partial charge >= 0.3 is 11.9 Å². The molecule has 0 aliphatic rings. The third-order valence-corrected chi connectivity index (χ3v) is 9.05. The van der Waals surface area contributed by atoms with Gasteiger partial charge in [0.1, 0.15) is 23.3 Å². The van der Waals surface area contributed by atoms with E-state index in [-0.39, 0.29) is 49.9 Å². The predicted octanol–water partition coefficient (Wildman–Crippen LogP) is 7.15. The molecule has 0 unspecified atom stereocenters. The van der Waals surface area contributed by atoms with Gasteiger partial charge in [0.2, 0.25) is 23.5 Å². The highest BCUT2D eigenvalue weighted by atomic mass is 35.5. The summed E-state index contributed by atoms with van der Waals surface area (Å²) in [7, 11) is 3.01. The molecule has 0 spiro atoms. The van der Waals surface area contributed by atoms with Crippen LogP contribution >= 0.6 is 23.2 Å². The zero-order valence-electron chi connectivity index (χ0n) is 30.0. The number of pyridine rings is 2. The summed E-state index contributed by atoms with van der Waals surface area (Å²) in [5.41, 5.74) is 7.35. The second-order valence-electron chi connectivity index (χ2n) is 12.4. The number of carboxylic acids is 2. The molecular formula is C38H44Cl2N4O8. The maximum atomic E-state index is 11.0. The van der Waals surface area contributed by atoms with Crippen LogP contribution in [0.2, 0.25) is 10.0 Å². The first-order chi connectivity index (χ1) is 24.8. The molecule has 0 radical (unpaired) electrons. The van der Waals surface area contributed by atoms with E-state index < -0.39 is 11.9 Å². The number of carboxylic acid groups (broad SMARTS) is 2. The van der Waals surface area contributed by atoms with Gasteiger partial charge in [0, 0.05) is 36.3 Å². The van der Waals surface area contributed by atoms with Crippen LogP contribution in [0.4, 0.5) is 0 Å². The molecule has 0 fully saturated rings. The van der Waals surface area contributed by atoms with Crippen LogP contribution in [0.1, 0.15) is 60.1 Å². The van der Waals surface area contributed by atoms with Gasteiger partial charge in [0.25, 0.3) is 0 Å². The van der Waals surface area contributed by atoms with E-state index in [4.69, 9.17) is 52.4 Å². The van der Waals surface area contributed by atoms with Crippen LogP contribution in [-0.4, -0.2) is 58.4 Å². The monoisotopic (exact) mass is 754 g/mol. The van der Waals surface area contributed by atoms with Crippen molar-refractivity contribution in [1.82, 2.24) is 20.6 Å². The summed E-state index contributed by atoms with van der Waals surface area (Å²) < 4.78 is 23.1. The molecule has 0 aliphatic carbocycles. The van der Waals surface area contributed by atoms with Gasteiger partial charge in [-0.25, -0.2) is 0 Å². The fourth-order valence-corrected chi connectivity index (χ4v) is 6.05. The van der Waals surface area contributed by atoms with Crippen molar-refractivity contribution in [2.24, 2.45) is 0 Å². The Hall–Kier alpha value is -4.62. The maximum Gasteiger partial charge on any atom is 0.304 e. The predicted molar refractivity (Wildman–Crippen MR) is 199 cm³/mol. The van der Waals surface area contributed by atoms with E-state index in [0.717, 1.165) is 33.4 Å². The number of hydrogen-bond donors (Lipinski definition) is 4. The van der Waals surface area contributed by atoms with Gasteiger partial charge in [0.05, 0.1) is 27.1 Å².